The summed E-state index contributed by atoms with van der Waals surface area (Å²) >= 11 is 4.98. The van der Waals surface area contributed by atoms with Gasteiger partial charge in [-0.1, -0.05) is 23.8 Å². The molecular formula is C7H8ClF3. The highest BCUT2D eigenvalue weighted by atomic mass is 35.5. The lowest BCUT2D eigenvalue weighted by molar-refractivity contribution is -0.196. The van der Waals surface area contributed by atoms with E-state index in [1.807, 2.05) is 0 Å². The number of rotatable bonds is 1. The van der Waals surface area contributed by atoms with Crippen LogP contribution in [0.1, 0.15) is 13.3 Å². The zero-order chi connectivity index (χ0) is 8.86. The Balaban J connectivity index is 2.77. The standard InChI is InChI=1S/C7H8ClF3/c1-4(2)5-3-6(9,10)7(5,8)11/h5H,1,3H2,2H3. The van der Waals surface area contributed by atoms with Crippen molar-refractivity contribution in [3.8, 4) is 0 Å². The molecule has 1 saturated carbocycles. The Morgan fingerprint density at radius 1 is 1.55 bits per heavy atom. The van der Waals surface area contributed by atoms with E-state index in [9.17, 15) is 13.2 Å². The Morgan fingerprint density at radius 2 is 2.00 bits per heavy atom. The first-order valence-corrected chi connectivity index (χ1v) is 3.58. The van der Waals surface area contributed by atoms with Crippen LogP contribution in [0.4, 0.5) is 13.2 Å². The quantitative estimate of drug-likeness (QED) is 0.434. The topological polar surface area (TPSA) is 0 Å². The van der Waals surface area contributed by atoms with E-state index in [1.54, 1.807) is 0 Å². The van der Waals surface area contributed by atoms with Gasteiger partial charge in [0.15, 0.2) is 0 Å². The van der Waals surface area contributed by atoms with Gasteiger partial charge < -0.3 is 0 Å². The Bertz CT molecular complexity index is 198. The maximum atomic E-state index is 12.9. The maximum absolute atomic E-state index is 12.9. The number of alkyl halides is 4. The third-order valence-corrected chi connectivity index (χ3v) is 2.52. The third kappa shape index (κ3) is 1.06. The lowest BCUT2D eigenvalue weighted by Gasteiger charge is -2.45. The second-order valence-corrected chi connectivity index (χ2v) is 3.48. The van der Waals surface area contributed by atoms with Gasteiger partial charge in [-0.05, 0) is 6.92 Å². The molecule has 1 aliphatic carbocycles. The molecule has 0 nitrogen and oxygen atoms in total. The van der Waals surface area contributed by atoms with Gasteiger partial charge in [0.25, 0.3) is 11.1 Å². The lowest BCUT2D eigenvalue weighted by Crippen LogP contribution is -2.58. The van der Waals surface area contributed by atoms with Crippen molar-refractivity contribution in [3.63, 3.8) is 0 Å². The number of allylic oxidation sites excluding steroid dienone is 1. The van der Waals surface area contributed by atoms with Crippen LogP contribution in [-0.2, 0) is 0 Å². The normalized spacial score (nSPS) is 41.4. The second kappa shape index (κ2) is 2.16. The van der Waals surface area contributed by atoms with E-state index in [0.717, 1.165) is 0 Å². The monoisotopic (exact) mass is 184 g/mol. The van der Waals surface area contributed by atoms with Crippen molar-refractivity contribution in [2.45, 2.75) is 24.4 Å². The molecule has 2 atom stereocenters. The van der Waals surface area contributed by atoms with Crippen LogP contribution in [0.3, 0.4) is 0 Å². The summed E-state index contributed by atoms with van der Waals surface area (Å²) in [6, 6.07) is 0. The molecule has 1 aliphatic rings. The molecule has 0 aliphatic heterocycles. The summed E-state index contributed by atoms with van der Waals surface area (Å²) in [6.07, 6.45) is -0.525. The molecule has 0 aromatic carbocycles. The number of hydrogen-bond donors (Lipinski definition) is 0. The summed E-state index contributed by atoms with van der Waals surface area (Å²) in [5, 5.41) is -2.90. The van der Waals surface area contributed by atoms with Gasteiger partial charge in [0, 0.05) is 12.3 Å². The zero-order valence-corrected chi connectivity index (χ0v) is 6.76. The van der Waals surface area contributed by atoms with Crippen molar-refractivity contribution in [3.05, 3.63) is 12.2 Å². The SMILES string of the molecule is C=C(C)C1CC(F)(F)C1(F)Cl. The summed E-state index contributed by atoms with van der Waals surface area (Å²) in [4.78, 5) is 0. The summed E-state index contributed by atoms with van der Waals surface area (Å²) in [7, 11) is 0. The molecule has 2 unspecified atom stereocenters. The predicted octanol–water partition coefficient (Wildman–Crippen LogP) is 3.12. The minimum Gasteiger partial charge on any atom is -0.219 e. The summed E-state index contributed by atoms with van der Waals surface area (Å²) in [5.74, 6) is -4.29. The van der Waals surface area contributed by atoms with Crippen LogP contribution < -0.4 is 0 Å². The van der Waals surface area contributed by atoms with Crippen LogP contribution in [0.2, 0.25) is 0 Å². The molecule has 0 bridgehead atoms. The molecule has 11 heavy (non-hydrogen) atoms. The van der Waals surface area contributed by atoms with Gasteiger partial charge >= 0.3 is 0 Å². The molecule has 1 rings (SSSR count). The van der Waals surface area contributed by atoms with Crippen molar-refractivity contribution in [1.29, 1.82) is 0 Å². The second-order valence-electron chi connectivity index (χ2n) is 2.93. The average Bonchev–Trinajstić information content (AvgIpc) is 1.82. The van der Waals surface area contributed by atoms with Gasteiger partial charge in [-0.2, -0.15) is 0 Å². The highest BCUT2D eigenvalue weighted by molar-refractivity contribution is 6.24. The minimum atomic E-state index is -3.39. The van der Waals surface area contributed by atoms with Crippen LogP contribution in [0.5, 0.6) is 0 Å². The smallest absolute Gasteiger partial charge is 0.219 e. The van der Waals surface area contributed by atoms with E-state index in [-0.39, 0.29) is 0 Å². The van der Waals surface area contributed by atoms with Crippen molar-refractivity contribution in [2.24, 2.45) is 5.92 Å². The first kappa shape index (κ1) is 8.91. The van der Waals surface area contributed by atoms with Crippen LogP contribution in [0.15, 0.2) is 12.2 Å². The third-order valence-electron chi connectivity index (χ3n) is 1.98. The Kier molecular flexibility index (Phi) is 1.75. The summed E-state index contributed by atoms with van der Waals surface area (Å²) in [5.41, 5.74) is 0.369. The van der Waals surface area contributed by atoms with Gasteiger partial charge in [-0.25, -0.2) is 13.2 Å². The van der Waals surface area contributed by atoms with E-state index >= 15 is 0 Å². The number of hydrogen-bond acceptors (Lipinski definition) is 0. The van der Waals surface area contributed by atoms with Gasteiger partial charge in [0.1, 0.15) is 0 Å². The Labute approximate surface area is 68.0 Å². The van der Waals surface area contributed by atoms with Gasteiger partial charge in [-0.3, -0.25) is 0 Å². The molecule has 0 aromatic heterocycles. The van der Waals surface area contributed by atoms with Gasteiger partial charge in [0.05, 0.1) is 0 Å². The van der Waals surface area contributed by atoms with E-state index in [1.165, 1.54) is 6.92 Å². The molecule has 0 radical (unpaired) electrons. The van der Waals surface area contributed by atoms with Crippen LogP contribution >= 0.6 is 11.6 Å². The maximum Gasteiger partial charge on any atom is 0.296 e. The van der Waals surface area contributed by atoms with Crippen LogP contribution in [0, 0.1) is 5.92 Å². The predicted molar refractivity (Wildman–Crippen MR) is 37.6 cm³/mol. The fraction of sp³-hybridized carbons (Fsp3) is 0.714. The van der Waals surface area contributed by atoms with Crippen molar-refractivity contribution in [2.75, 3.05) is 0 Å². The summed E-state index contributed by atoms with van der Waals surface area (Å²) in [6.45, 7) is 4.88. The molecule has 0 N–H and O–H groups in total. The fourth-order valence-electron chi connectivity index (χ4n) is 1.13. The van der Waals surface area contributed by atoms with Gasteiger partial charge in [0.2, 0.25) is 0 Å². The van der Waals surface area contributed by atoms with Crippen LogP contribution in [-0.4, -0.2) is 11.1 Å². The largest absolute Gasteiger partial charge is 0.296 e. The molecule has 4 heteroatoms. The van der Waals surface area contributed by atoms with E-state index in [0.29, 0.717) is 5.57 Å². The zero-order valence-electron chi connectivity index (χ0n) is 6.00. The molecule has 0 spiro atoms. The first-order valence-electron chi connectivity index (χ1n) is 3.20. The molecular weight excluding hydrogens is 177 g/mol. The van der Waals surface area contributed by atoms with Gasteiger partial charge in [-0.15, -0.1) is 0 Å². The highest BCUT2D eigenvalue weighted by Crippen LogP contribution is 2.58. The highest BCUT2D eigenvalue weighted by Gasteiger charge is 2.69. The molecule has 0 amide bonds. The van der Waals surface area contributed by atoms with Crippen molar-refractivity contribution >= 4 is 11.6 Å². The molecule has 0 aromatic rings. The fourth-order valence-corrected chi connectivity index (χ4v) is 1.47. The molecule has 0 saturated heterocycles. The van der Waals surface area contributed by atoms with E-state index < -0.39 is 23.4 Å². The Morgan fingerprint density at radius 3 is 2.09 bits per heavy atom. The average molecular weight is 185 g/mol. The van der Waals surface area contributed by atoms with Crippen LogP contribution in [0.25, 0.3) is 0 Å². The molecule has 64 valence electrons. The molecule has 1 fully saturated rings. The Hall–Kier alpha value is -0.180. The first-order chi connectivity index (χ1) is 4.79. The van der Waals surface area contributed by atoms with Crippen molar-refractivity contribution in [1.82, 2.24) is 0 Å². The summed E-state index contributed by atoms with van der Waals surface area (Å²) < 4.78 is 37.6. The number of halogens is 4. The van der Waals surface area contributed by atoms with Crippen molar-refractivity contribution < 1.29 is 13.2 Å². The lowest BCUT2D eigenvalue weighted by atomic mass is 9.75. The van der Waals surface area contributed by atoms with E-state index in [4.69, 9.17) is 11.6 Å². The molecule has 0 heterocycles. The van der Waals surface area contributed by atoms with E-state index in [2.05, 4.69) is 6.58 Å². The minimum absolute atomic E-state index is 0.369.